The van der Waals surface area contributed by atoms with Gasteiger partial charge in [0.25, 0.3) is 0 Å². The number of ether oxygens (including phenoxy) is 4. The van der Waals surface area contributed by atoms with Gasteiger partial charge in [0, 0.05) is 13.5 Å². The van der Waals surface area contributed by atoms with E-state index in [1.165, 1.54) is 13.8 Å². The minimum Gasteiger partial charge on any atom is -0.353 e. The molecule has 6 atom stereocenters. The molecule has 2 heterocycles. The van der Waals surface area contributed by atoms with Crippen molar-refractivity contribution in [2.45, 2.75) is 56.6 Å². The van der Waals surface area contributed by atoms with Crippen LogP contribution in [0.5, 0.6) is 0 Å². The summed E-state index contributed by atoms with van der Waals surface area (Å²) in [6.45, 7) is 5.00. The zero-order valence-electron chi connectivity index (χ0n) is 11.0. The van der Waals surface area contributed by atoms with Gasteiger partial charge in [-0.15, -0.1) is 0 Å². The molecule has 7 heteroatoms. The lowest BCUT2D eigenvalue weighted by Gasteiger charge is -2.24. The van der Waals surface area contributed by atoms with Gasteiger partial charge in [-0.2, -0.15) is 0 Å². The van der Waals surface area contributed by atoms with Crippen LogP contribution in [0.15, 0.2) is 0 Å². The summed E-state index contributed by atoms with van der Waals surface area (Å²) < 4.78 is 46.9. The maximum atomic E-state index is 13.6. The van der Waals surface area contributed by atoms with Gasteiger partial charge in [0.2, 0.25) is 0 Å². The molecule has 0 aromatic rings. The molecular weight excluding hydrogens is 262 g/mol. The third-order valence-corrected chi connectivity index (χ3v) is 4.34. The topological polar surface area (TPSA) is 54.0 Å². The number of alkyl halides is 1. The smallest absolute Gasteiger partial charge is 0.186 e. The van der Waals surface area contributed by atoms with Crippen molar-refractivity contribution in [2.24, 2.45) is 0 Å². The molecule has 106 valence electrons. The van der Waals surface area contributed by atoms with E-state index in [1.54, 1.807) is 13.8 Å². The molecular formula is C11H20FO5P. The maximum absolute atomic E-state index is 13.6. The quantitative estimate of drug-likeness (QED) is 0.735. The minimum atomic E-state index is -2.21. The molecule has 0 radical (unpaired) electrons. The van der Waals surface area contributed by atoms with E-state index in [1.807, 2.05) is 0 Å². The van der Waals surface area contributed by atoms with Gasteiger partial charge in [-0.05, 0) is 20.5 Å². The van der Waals surface area contributed by atoms with Crippen molar-refractivity contribution in [1.82, 2.24) is 0 Å². The van der Waals surface area contributed by atoms with Crippen molar-refractivity contribution in [3.8, 4) is 0 Å². The van der Waals surface area contributed by atoms with E-state index in [-0.39, 0.29) is 18.6 Å². The molecule has 2 unspecified atom stereocenters. The van der Waals surface area contributed by atoms with Crippen LogP contribution in [0.3, 0.4) is 0 Å². The summed E-state index contributed by atoms with van der Waals surface area (Å²) in [5, 5.41) is 0. The molecule has 0 bridgehead atoms. The molecule has 0 aromatic heterocycles. The van der Waals surface area contributed by atoms with Crippen molar-refractivity contribution >= 4 is 7.80 Å². The Morgan fingerprint density at radius 2 is 2.00 bits per heavy atom. The van der Waals surface area contributed by atoms with Crippen LogP contribution < -0.4 is 0 Å². The lowest BCUT2D eigenvalue weighted by atomic mass is 10.1. The average Bonchev–Trinajstić information content (AvgIpc) is 2.73. The molecule has 0 amide bonds. The highest BCUT2D eigenvalue weighted by atomic mass is 31.1. The number of fused-ring (bicyclic) bond motifs is 1. The lowest BCUT2D eigenvalue weighted by molar-refractivity contribution is -0.228. The summed E-state index contributed by atoms with van der Waals surface area (Å²) in [6.07, 6.45) is -1.72. The molecule has 2 saturated heterocycles. The Balaban J connectivity index is 2.06. The maximum Gasteiger partial charge on any atom is 0.186 e. The van der Waals surface area contributed by atoms with E-state index in [9.17, 15) is 8.96 Å². The first-order chi connectivity index (χ1) is 8.34. The number of halogens is 1. The summed E-state index contributed by atoms with van der Waals surface area (Å²) >= 11 is 0. The Labute approximate surface area is 107 Å². The predicted molar refractivity (Wildman–Crippen MR) is 63.9 cm³/mol. The van der Waals surface area contributed by atoms with Crippen molar-refractivity contribution < 1.29 is 27.9 Å². The Kier molecular flexibility index (Phi) is 4.14. The van der Waals surface area contributed by atoms with Gasteiger partial charge in [0.15, 0.2) is 18.0 Å². The highest BCUT2D eigenvalue weighted by Gasteiger charge is 2.55. The molecule has 0 spiro atoms. The largest absolute Gasteiger partial charge is 0.353 e. The Hall–Kier alpha value is -0.0000000000000000416. The van der Waals surface area contributed by atoms with Gasteiger partial charge in [0.05, 0.1) is 6.10 Å². The summed E-state index contributed by atoms with van der Waals surface area (Å²) in [7, 11) is -0.705. The van der Waals surface area contributed by atoms with Crippen molar-refractivity contribution in [3.63, 3.8) is 0 Å². The zero-order chi connectivity index (χ0) is 13.5. The van der Waals surface area contributed by atoms with Gasteiger partial charge < -0.3 is 23.5 Å². The Morgan fingerprint density at radius 1 is 1.39 bits per heavy atom. The second-order valence-corrected chi connectivity index (χ2v) is 7.01. The van der Waals surface area contributed by atoms with E-state index < -0.39 is 31.9 Å². The highest BCUT2D eigenvalue weighted by molar-refractivity contribution is 7.44. The van der Waals surface area contributed by atoms with Crippen LogP contribution in [0, 0.1) is 0 Å². The Morgan fingerprint density at radius 3 is 2.56 bits per heavy atom. The fraction of sp³-hybridized carbons (Fsp3) is 1.00. The van der Waals surface area contributed by atoms with Gasteiger partial charge >= 0.3 is 0 Å². The summed E-state index contributed by atoms with van der Waals surface area (Å²) in [6, 6.07) is 0. The summed E-state index contributed by atoms with van der Waals surface area (Å²) in [4.78, 5) is 0. The Bertz CT molecular complexity index is 337. The molecule has 2 fully saturated rings. The SMILES string of the molecule is CO[C@@H]1O[C@H](CC(F)[PH](C)=O)[C@H]2OC(C)(C)O[C@@H]12. The number of hydrogen-bond donors (Lipinski definition) is 0. The first-order valence-corrected chi connectivity index (χ1v) is 8.01. The van der Waals surface area contributed by atoms with Crippen LogP contribution in [0.25, 0.3) is 0 Å². The normalized spacial score (nSPS) is 41.6. The summed E-state index contributed by atoms with van der Waals surface area (Å²) in [5.74, 6) is -2.08. The van der Waals surface area contributed by atoms with Gasteiger partial charge in [-0.1, -0.05) is 0 Å². The molecule has 0 aromatic carbocycles. The van der Waals surface area contributed by atoms with E-state index in [2.05, 4.69) is 0 Å². The molecule has 2 aliphatic rings. The average molecular weight is 282 g/mol. The third kappa shape index (κ3) is 2.78. The second kappa shape index (κ2) is 5.17. The zero-order valence-corrected chi connectivity index (χ0v) is 12.0. The monoisotopic (exact) mass is 282 g/mol. The molecule has 2 rings (SSSR count). The standard InChI is InChI=1S/C11H20FO5P/c1-11(2)16-8-6(5-7(12)18(4)13)15-10(14-3)9(8)17-11/h6-10,18H,5H2,1-4H3/t6-,7?,8-,9-,10-/m1/s1. The van der Waals surface area contributed by atoms with E-state index >= 15 is 0 Å². The van der Waals surface area contributed by atoms with Gasteiger partial charge in [-0.25, -0.2) is 4.39 Å². The molecule has 2 aliphatic heterocycles. The van der Waals surface area contributed by atoms with Gasteiger partial charge in [-0.3, -0.25) is 0 Å². The fourth-order valence-corrected chi connectivity index (χ4v) is 2.96. The van der Waals surface area contributed by atoms with Gasteiger partial charge in [0.1, 0.15) is 20.0 Å². The lowest BCUT2D eigenvalue weighted by Crippen LogP contribution is -2.31. The van der Waals surface area contributed by atoms with Crippen molar-refractivity contribution in [3.05, 3.63) is 0 Å². The molecule has 0 aliphatic carbocycles. The van der Waals surface area contributed by atoms with Crippen LogP contribution in [0.1, 0.15) is 20.3 Å². The van der Waals surface area contributed by atoms with Crippen LogP contribution in [0.2, 0.25) is 0 Å². The number of hydrogen-bond acceptors (Lipinski definition) is 5. The van der Waals surface area contributed by atoms with E-state index in [4.69, 9.17) is 18.9 Å². The predicted octanol–water partition coefficient (Wildman–Crippen LogP) is 1.75. The number of methoxy groups -OCH3 is 1. The third-order valence-electron chi connectivity index (χ3n) is 3.22. The fourth-order valence-electron chi connectivity index (χ4n) is 2.39. The highest BCUT2D eigenvalue weighted by Crippen LogP contribution is 2.42. The molecule has 0 N–H and O–H groups in total. The molecule has 0 saturated carbocycles. The second-order valence-electron chi connectivity index (χ2n) is 5.16. The van der Waals surface area contributed by atoms with E-state index in [0.717, 1.165) is 0 Å². The van der Waals surface area contributed by atoms with E-state index in [0.29, 0.717) is 0 Å². The van der Waals surface area contributed by atoms with Crippen molar-refractivity contribution in [1.29, 1.82) is 0 Å². The van der Waals surface area contributed by atoms with Crippen LogP contribution in [-0.2, 0) is 23.5 Å². The minimum absolute atomic E-state index is 0.0504. The molecule has 5 nitrogen and oxygen atoms in total. The first-order valence-electron chi connectivity index (χ1n) is 6.02. The summed E-state index contributed by atoms with van der Waals surface area (Å²) in [5.41, 5.74) is 0. The molecule has 18 heavy (non-hydrogen) atoms. The van der Waals surface area contributed by atoms with Crippen LogP contribution >= 0.6 is 7.80 Å². The first kappa shape index (κ1) is 14.4. The van der Waals surface area contributed by atoms with Crippen molar-refractivity contribution in [2.75, 3.05) is 13.8 Å². The van der Waals surface area contributed by atoms with Crippen LogP contribution in [0.4, 0.5) is 4.39 Å². The van der Waals surface area contributed by atoms with Crippen LogP contribution in [-0.4, -0.2) is 50.1 Å². The number of rotatable bonds is 4.